The van der Waals surface area contributed by atoms with E-state index in [-0.39, 0.29) is 0 Å². The van der Waals surface area contributed by atoms with Crippen molar-refractivity contribution in [2.75, 3.05) is 18.5 Å². The first-order valence-electron chi connectivity index (χ1n) is 7.87. The number of tetrazole rings is 1. The maximum absolute atomic E-state index is 6.29. The smallest absolute Gasteiger partial charge is 0.179 e. The highest BCUT2D eigenvalue weighted by Crippen LogP contribution is 2.38. The molecule has 1 aliphatic rings. The van der Waals surface area contributed by atoms with Crippen molar-refractivity contribution in [3.05, 3.63) is 52.8 Å². The number of halogens is 1. The van der Waals surface area contributed by atoms with E-state index in [0.29, 0.717) is 36.3 Å². The van der Waals surface area contributed by atoms with Crippen LogP contribution in [0.15, 0.2) is 36.7 Å². The molecule has 2 aromatic carbocycles. The second-order valence-electron chi connectivity index (χ2n) is 5.66. The molecule has 8 heteroatoms. The summed E-state index contributed by atoms with van der Waals surface area (Å²) in [5.41, 5.74) is 3.99. The van der Waals surface area contributed by atoms with Gasteiger partial charge in [0.2, 0.25) is 0 Å². The van der Waals surface area contributed by atoms with Gasteiger partial charge in [-0.2, -0.15) is 0 Å². The third-order valence-electron chi connectivity index (χ3n) is 4.04. The fourth-order valence-corrected chi connectivity index (χ4v) is 3.09. The molecule has 0 unspecified atom stereocenters. The van der Waals surface area contributed by atoms with Gasteiger partial charge in [0.05, 0.1) is 10.7 Å². The number of hydrogen-bond donors (Lipinski definition) is 1. The molecule has 0 saturated carbocycles. The summed E-state index contributed by atoms with van der Waals surface area (Å²) in [5.74, 6) is 1.31. The number of anilines is 1. The maximum atomic E-state index is 6.29. The quantitative estimate of drug-likeness (QED) is 0.773. The van der Waals surface area contributed by atoms with Crippen LogP contribution in [0.5, 0.6) is 11.5 Å². The van der Waals surface area contributed by atoms with Crippen molar-refractivity contribution in [3.63, 3.8) is 0 Å². The average molecular weight is 358 g/mol. The van der Waals surface area contributed by atoms with Gasteiger partial charge < -0.3 is 14.8 Å². The summed E-state index contributed by atoms with van der Waals surface area (Å²) in [4.78, 5) is 0. The predicted molar refractivity (Wildman–Crippen MR) is 93.7 cm³/mol. The summed E-state index contributed by atoms with van der Waals surface area (Å²) >= 11 is 6.29. The van der Waals surface area contributed by atoms with Crippen molar-refractivity contribution in [2.24, 2.45) is 0 Å². The normalized spacial score (nSPS) is 12.9. The lowest BCUT2D eigenvalue weighted by molar-refractivity contribution is 0.171. The molecule has 0 aliphatic carbocycles. The number of nitrogens with one attached hydrogen (secondary N) is 1. The third-order valence-corrected chi connectivity index (χ3v) is 4.32. The van der Waals surface area contributed by atoms with Crippen LogP contribution < -0.4 is 14.8 Å². The number of rotatable bonds is 4. The SMILES string of the molecule is Cc1c(NCc2cc(Cl)c3c(c2)OCCO3)cccc1-n1cnnn1. The minimum absolute atomic E-state index is 0.521. The zero-order valence-electron chi connectivity index (χ0n) is 13.6. The van der Waals surface area contributed by atoms with E-state index in [1.54, 1.807) is 11.0 Å². The van der Waals surface area contributed by atoms with Gasteiger partial charge in [-0.1, -0.05) is 17.7 Å². The van der Waals surface area contributed by atoms with Gasteiger partial charge in [-0.3, -0.25) is 0 Å². The summed E-state index contributed by atoms with van der Waals surface area (Å²) < 4.78 is 12.8. The second-order valence-corrected chi connectivity index (χ2v) is 6.07. The Hall–Kier alpha value is -2.80. The van der Waals surface area contributed by atoms with Crippen LogP contribution in [0.2, 0.25) is 5.02 Å². The Labute approximate surface area is 149 Å². The van der Waals surface area contributed by atoms with E-state index in [1.807, 2.05) is 37.3 Å². The van der Waals surface area contributed by atoms with Crippen LogP contribution >= 0.6 is 11.6 Å². The van der Waals surface area contributed by atoms with Gasteiger partial charge in [-0.05, 0) is 52.7 Å². The van der Waals surface area contributed by atoms with Crippen molar-refractivity contribution < 1.29 is 9.47 Å². The zero-order valence-corrected chi connectivity index (χ0v) is 14.3. The molecule has 3 aromatic rings. The summed E-state index contributed by atoms with van der Waals surface area (Å²) in [6, 6.07) is 9.79. The standard InChI is InChI=1S/C17H16ClN5O2/c1-11-14(3-2-4-15(11)23-10-20-21-22-23)19-9-12-7-13(18)17-16(8-12)24-5-6-25-17/h2-4,7-8,10,19H,5-6,9H2,1H3. The number of hydrogen-bond acceptors (Lipinski definition) is 6. The molecule has 4 rings (SSSR count). The van der Waals surface area contributed by atoms with Crippen LogP contribution in [0, 0.1) is 6.92 Å². The van der Waals surface area contributed by atoms with Crippen LogP contribution in [0.25, 0.3) is 5.69 Å². The Morgan fingerprint density at radius 2 is 2.12 bits per heavy atom. The lowest BCUT2D eigenvalue weighted by Crippen LogP contribution is -2.16. The highest BCUT2D eigenvalue weighted by molar-refractivity contribution is 6.32. The average Bonchev–Trinajstić information content (AvgIpc) is 3.15. The Morgan fingerprint density at radius 3 is 2.96 bits per heavy atom. The molecule has 0 radical (unpaired) electrons. The highest BCUT2D eigenvalue weighted by Gasteiger charge is 2.16. The summed E-state index contributed by atoms with van der Waals surface area (Å²) in [5, 5.41) is 15.3. The molecule has 0 saturated heterocycles. The van der Waals surface area contributed by atoms with Crippen LogP contribution in [0.1, 0.15) is 11.1 Å². The molecule has 0 fully saturated rings. The minimum atomic E-state index is 0.521. The first-order chi connectivity index (χ1) is 12.2. The summed E-state index contributed by atoms with van der Waals surface area (Å²) in [6.07, 6.45) is 1.58. The van der Waals surface area contributed by atoms with Crippen LogP contribution in [-0.4, -0.2) is 33.4 Å². The first-order valence-corrected chi connectivity index (χ1v) is 8.25. The molecule has 0 bridgehead atoms. The van der Waals surface area contributed by atoms with Gasteiger partial charge in [0.15, 0.2) is 11.5 Å². The lowest BCUT2D eigenvalue weighted by atomic mass is 10.1. The Balaban J connectivity index is 1.56. The summed E-state index contributed by atoms with van der Waals surface area (Å²) in [6.45, 7) is 3.69. The van der Waals surface area contributed by atoms with Crippen LogP contribution in [-0.2, 0) is 6.54 Å². The second kappa shape index (κ2) is 6.60. The maximum Gasteiger partial charge on any atom is 0.179 e. The van der Waals surface area contributed by atoms with E-state index in [2.05, 4.69) is 20.8 Å². The van der Waals surface area contributed by atoms with E-state index in [4.69, 9.17) is 21.1 Å². The first kappa shape index (κ1) is 15.7. The van der Waals surface area contributed by atoms with Crippen molar-refractivity contribution >= 4 is 17.3 Å². The molecule has 1 aliphatic heterocycles. The number of aromatic nitrogens is 4. The fraction of sp³-hybridized carbons (Fsp3) is 0.235. The van der Waals surface area contributed by atoms with E-state index in [0.717, 1.165) is 22.5 Å². The van der Waals surface area contributed by atoms with Crippen molar-refractivity contribution in [1.29, 1.82) is 0 Å². The van der Waals surface area contributed by atoms with Gasteiger partial charge in [-0.15, -0.1) is 5.10 Å². The molecule has 2 heterocycles. The van der Waals surface area contributed by atoms with Crippen LogP contribution in [0.3, 0.4) is 0 Å². The van der Waals surface area contributed by atoms with E-state index >= 15 is 0 Å². The molecular weight excluding hydrogens is 342 g/mol. The lowest BCUT2D eigenvalue weighted by Gasteiger charge is -2.20. The van der Waals surface area contributed by atoms with Crippen molar-refractivity contribution in [2.45, 2.75) is 13.5 Å². The monoisotopic (exact) mass is 357 g/mol. The Kier molecular flexibility index (Phi) is 4.15. The van der Waals surface area contributed by atoms with E-state index in [1.165, 1.54) is 0 Å². The van der Waals surface area contributed by atoms with Crippen LogP contribution in [0.4, 0.5) is 5.69 Å². The predicted octanol–water partition coefficient (Wildman–Crippen LogP) is 3.01. The summed E-state index contributed by atoms with van der Waals surface area (Å²) in [7, 11) is 0. The molecular formula is C17H16ClN5O2. The molecule has 25 heavy (non-hydrogen) atoms. The van der Waals surface area contributed by atoms with Gasteiger partial charge >= 0.3 is 0 Å². The molecule has 128 valence electrons. The molecule has 0 amide bonds. The highest BCUT2D eigenvalue weighted by atomic mass is 35.5. The van der Waals surface area contributed by atoms with Gasteiger partial charge in [-0.25, -0.2) is 4.68 Å². The topological polar surface area (TPSA) is 74.1 Å². The van der Waals surface area contributed by atoms with Gasteiger partial charge in [0, 0.05) is 12.2 Å². The number of benzene rings is 2. The Morgan fingerprint density at radius 1 is 1.24 bits per heavy atom. The Bertz CT molecular complexity index is 898. The van der Waals surface area contributed by atoms with Crippen molar-refractivity contribution in [1.82, 2.24) is 20.2 Å². The largest absolute Gasteiger partial charge is 0.486 e. The third kappa shape index (κ3) is 3.10. The number of fused-ring (bicyclic) bond motifs is 1. The zero-order chi connectivity index (χ0) is 17.2. The number of ether oxygens (including phenoxy) is 2. The minimum Gasteiger partial charge on any atom is -0.486 e. The number of nitrogens with zero attached hydrogens (tertiary/aromatic N) is 4. The molecule has 7 nitrogen and oxygen atoms in total. The molecule has 0 atom stereocenters. The van der Waals surface area contributed by atoms with Gasteiger partial charge in [0.1, 0.15) is 19.5 Å². The molecule has 1 aromatic heterocycles. The fourth-order valence-electron chi connectivity index (χ4n) is 2.80. The molecule has 0 spiro atoms. The molecule has 1 N–H and O–H groups in total. The van der Waals surface area contributed by atoms with E-state index < -0.39 is 0 Å². The van der Waals surface area contributed by atoms with Gasteiger partial charge in [0.25, 0.3) is 0 Å². The van der Waals surface area contributed by atoms with Crippen molar-refractivity contribution in [3.8, 4) is 17.2 Å². The van der Waals surface area contributed by atoms with E-state index in [9.17, 15) is 0 Å².